The van der Waals surface area contributed by atoms with Gasteiger partial charge in [-0.25, -0.2) is 4.39 Å². The molecule has 0 aliphatic heterocycles. The van der Waals surface area contributed by atoms with E-state index < -0.39 is 0 Å². The van der Waals surface area contributed by atoms with E-state index in [0.717, 1.165) is 17.5 Å². The number of aryl methyl sites for hydroxylation is 1. The molecular weight excluding hydrogens is 259 g/mol. The van der Waals surface area contributed by atoms with Gasteiger partial charge in [0.1, 0.15) is 5.82 Å². The standard InChI is InChI=1S/C17H18ClF/c1-2-3-5-13-8-10-14(11-9-13)17(18)15-6-4-7-16(19)12-15/h4,6-12,17H,2-3,5H2,1H3. The van der Waals surface area contributed by atoms with Gasteiger partial charge in [-0.1, -0.05) is 49.7 Å². The van der Waals surface area contributed by atoms with Crippen LogP contribution in [-0.2, 0) is 6.42 Å². The van der Waals surface area contributed by atoms with Crippen molar-refractivity contribution in [1.82, 2.24) is 0 Å². The number of hydrogen-bond donors (Lipinski definition) is 0. The molecule has 0 aromatic heterocycles. The molecule has 1 atom stereocenters. The monoisotopic (exact) mass is 276 g/mol. The van der Waals surface area contributed by atoms with E-state index >= 15 is 0 Å². The minimum atomic E-state index is -0.295. The minimum Gasteiger partial charge on any atom is -0.207 e. The van der Waals surface area contributed by atoms with Gasteiger partial charge in [0.25, 0.3) is 0 Å². The third kappa shape index (κ3) is 3.81. The van der Waals surface area contributed by atoms with Crippen LogP contribution in [0.2, 0.25) is 0 Å². The van der Waals surface area contributed by atoms with E-state index in [-0.39, 0.29) is 11.2 Å². The van der Waals surface area contributed by atoms with Crippen molar-refractivity contribution in [3.63, 3.8) is 0 Å². The molecule has 0 nitrogen and oxygen atoms in total. The molecule has 0 amide bonds. The molecule has 0 saturated heterocycles. The lowest BCUT2D eigenvalue weighted by molar-refractivity contribution is 0.626. The Labute approximate surface area is 119 Å². The number of rotatable bonds is 5. The molecule has 0 spiro atoms. The Morgan fingerprint density at radius 2 is 1.79 bits per heavy atom. The van der Waals surface area contributed by atoms with Crippen molar-refractivity contribution in [2.24, 2.45) is 0 Å². The highest BCUT2D eigenvalue weighted by atomic mass is 35.5. The molecule has 0 aliphatic carbocycles. The zero-order chi connectivity index (χ0) is 13.7. The normalized spacial score (nSPS) is 12.4. The number of alkyl halides is 1. The molecule has 1 unspecified atom stereocenters. The third-order valence-electron chi connectivity index (χ3n) is 3.23. The lowest BCUT2D eigenvalue weighted by atomic mass is 10.0. The topological polar surface area (TPSA) is 0 Å². The maximum atomic E-state index is 13.2. The van der Waals surface area contributed by atoms with Crippen molar-refractivity contribution >= 4 is 11.6 Å². The Kier molecular flexibility index (Phi) is 4.98. The molecule has 0 fully saturated rings. The first-order chi connectivity index (χ1) is 9.20. The summed E-state index contributed by atoms with van der Waals surface area (Å²) in [5.74, 6) is -0.247. The van der Waals surface area contributed by atoms with Crippen LogP contribution in [0.25, 0.3) is 0 Å². The van der Waals surface area contributed by atoms with Gasteiger partial charge < -0.3 is 0 Å². The molecule has 0 bridgehead atoms. The van der Waals surface area contributed by atoms with Gasteiger partial charge in [-0.05, 0) is 41.7 Å². The molecule has 0 radical (unpaired) electrons. The zero-order valence-electron chi connectivity index (χ0n) is 11.1. The first kappa shape index (κ1) is 14.1. The fourth-order valence-electron chi connectivity index (χ4n) is 2.09. The fraction of sp³-hybridized carbons (Fsp3) is 0.294. The Hall–Kier alpha value is -1.34. The zero-order valence-corrected chi connectivity index (χ0v) is 11.8. The van der Waals surface area contributed by atoms with E-state index in [4.69, 9.17) is 11.6 Å². The van der Waals surface area contributed by atoms with Gasteiger partial charge in [-0.2, -0.15) is 0 Å². The van der Waals surface area contributed by atoms with Crippen molar-refractivity contribution in [2.45, 2.75) is 31.6 Å². The van der Waals surface area contributed by atoms with Crippen LogP contribution < -0.4 is 0 Å². The molecule has 0 heterocycles. The van der Waals surface area contributed by atoms with E-state index in [1.54, 1.807) is 6.07 Å². The van der Waals surface area contributed by atoms with E-state index in [2.05, 4.69) is 19.1 Å². The average Bonchev–Trinajstić information content (AvgIpc) is 2.45. The molecular formula is C17H18ClF. The highest BCUT2D eigenvalue weighted by Crippen LogP contribution is 2.29. The smallest absolute Gasteiger partial charge is 0.123 e. The van der Waals surface area contributed by atoms with Crippen LogP contribution in [-0.4, -0.2) is 0 Å². The van der Waals surface area contributed by atoms with Gasteiger partial charge in [-0.15, -0.1) is 11.6 Å². The largest absolute Gasteiger partial charge is 0.207 e. The number of benzene rings is 2. The summed E-state index contributed by atoms with van der Waals surface area (Å²) in [6.07, 6.45) is 3.50. The van der Waals surface area contributed by atoms with Crippen LogP contribution in [0, 0.1) is 5.82 Å². The summed E-state index contributed by atoms with van der Waals surface area (Å²) in [6.45, 7) is 2.19. The second-order valence-electron chi connectivity index (χ2n) is 4.76. The van der Waals surface area contributed by atoms with Crippen molar-refractivity contribution < 1.29 is 4.39 Å². The van der Waals surface area contributed by atoms with Crippen molar-refractivity contribution in [2.75, 3.05) is 0 Å². The first-order valence-corrected chi connectivity index (χ1v) is 7.12. The quantitative estimate of drug-likeness (QED) is 0.633. The van der Waals surface area contributed by atoms with Gasteiger partial charge in [0.15, 0.2) is 0 Å². The Bertz CT molecular complexity index is 519. The van der Waals surface area contributed by atoms with Crippen LogP contribution in [0.4, 0.5) is 4.39 Å². The maximum absolute atomic E-state index is 13.2. The molecule has 19 heavy (non-hydrogen) atoms. The third-order valence-corrected chi connectivity index (χ3v) is 3.74. The van der Waals surface area contributed by atoms with Crippen molar-refractivity contribution in [3.8, 4) is 0 Å². The summed E-state index contributed by atoms with van der Waals surface area (Å²) < 4.78 is 13.2. The minimum absolute atomic E-state index is 0.247. The van der Waals surface area contributed by atoms with E-state index in [9.17, 15) is 4.39 Å². The summed E-state index contributed by atoms with van der Waals surface area (Å²) >= 11 is 6.39. The maximum Gasteiger partial charge on any atom is 0.123 e. The number of halogens is 2. The summed E-state index contributed by atoms with van der Waals surface area (Å²) in [7, 11) is 0. The van der Waals surface area contributed by atoms with Crippen molar-refractivity contribution in [1.29, 1.82) is 0 Å². The predicted molar refractivity (Wildman–Crippen MR) is 79.2 cm³/mol. The van der Waals surface area contributed by atoms with Gasteiger partial charge in [-0.3, -0.25) is 0 Å². The van der Waals surface area contributed by atoms with Crippen molar-refractivity contribution in [3.05, 3.63) is 71.0 Å². The van der Waals surface area contributed by atoms with Gasteiger partial charge in [0.05, 0.1) is 5.38 Å². The Balaban J connectivity index is 2.13. The van der Waals surface area contributed by atoms with E-state index in [1.807, 2.05) is 18.2 Å². The molecule has 2 rings (SSSR count). The molecule has 0 aliphatic rings. The first-order valence-electron chi connectivity index (χ1n) is 6.69. The molecule has 0 N–H and O–H groups in total. The number of unbranched alkanes of at least 4 members (excludes halogenated alkanes) is 1. The van der Waals surface area contributed by atoms with E-state index in [0.29, 0.717) is 0 Å². The van der Waals surface area contributed by atoms with Gasteiger partial charge >= 0.3 is 0 Å². The predicted octanol–water partition coefficient (Wildman–Crippen LogP) is 5.50. The molecule has 2 heteroatoms. The van der Waals surface area contributed by atoms with Crippen LogP contribution >= 0.6 is 11.6 Å². The second-order valence-corrected chi connectivity index (χ2v) is 5.20. The Morgan fingerprint density at radius 3 is 2.42 bits per heavy atom. The molecule has 2 aromatic carbocycles. The molecule has 2 aromatic rings. The Morgan fingerprint density at radius 1 is 1.05 bits per heavy atom. The number of hydrogen-bond acceptors (Lipinski definition) is 0. The highest BCUT2D eigenvalue weighted by Gasteiger charge is 2.11. The summed E-state index contributed by atoms with van der Waals surface area (Å²) in [5, 5.41) is -0.295. The highest BCUT2D eigenvalue weighted by molar-refractivity contribution is 6.22. The van der Waals surface area contributed by atoms with Gasteiger partial charge in [0, 0.05) is 0 Å². The SMILES string of the molecule is CCCCc1ccc(C(Cl)c2cccc(F)c2)cc1. The summed E-state index contributed by atoms with van der Waals surface area (Å²) in [4.78, 5) is 0. The molecule has 100 valence electrons. The van der Waals surface area contributed by atoms with Crippen LogP contribution in [0.3, 0.4) is 0 Å². The molecule has 0 saturated carbocycles. The summed E-state index contributed by atoms with van der Waals surface area (Å²) in [6, 6.07) is 14.8. The second kappa shape index (κ2) is 6.72. The lowest BCUT2D eigenvalue weighted by Gasteiger charge is -2.11. The van der Waals surface area contributed by atoms with Crippen LogP contribution in [0.15, 0.2) is 48.5 Å². The average molecular weight is 277 g/mol. The van der Waals surface area contributed by atoms with Crippen LogP contribution in [0.5, 0.6) is 0 Å². The van der Waals surface area contributed by atoms with Gasteiger partial charge in [0.2, 0.25) is 0 Å². The summed E-state index contributed by atoms with van der Waals surface area (Å²) in [5.41, 5.74) is 3.13. The fourth-order valence-corrected chi connectivity index (χ4v) is 2.37. The lowest BCUT2D eigenvalue weighted by Crippen LogP contribution is -1.94. The van der Waals surface area contributed by atoms with E-state index in [1.165, 1.54) is 30.5 Å². The van der Waals surface area contributed by atoms with Crippen LogP contribution in [0.1, 0.15) is 41.8 Å².